The van der Waals surface area contributed by atoms with Crippen molar-refractivity contribution in [3.05, 3.63) is 27.0 Å². The third-order valence-corrected chi connectivity index (χ3v) is 3.36. The van der Waals surface area contributed by atoms with Crippen LogP contribution in [-0.2, 0) is 10.0 Å². The Kier molecular flexibility index (Phi) is 4.17. The minimum atomic E-state index is -4.22. The maximum absolute atomic E-state index is 11.6. The molecular formula is C7H11N3O6S. The number of sulfonamides is 1. The number of H-pyrrole nitrogens is 2. The fourth-order valence-electron chi connectivity index (χ4n) is 1.01. The molecule has 0 atom stereocenters. The molecule has 0 aliphatic heterocycles. The Hall–Kier alpha value is -1.49. The van der Waals surface area contributed by atoms with E-state index in [0.717, 1.165) is 6.20 Å². The lowest BCUT2D eigenvalue weighted by atomic mass is 10.4. The summed E-state index contributed by atoms with van der Waals surface area (Å²) in [5.74, 6) is 0. The van der Waals surface area contributed by atoms with Crippen LogP contribution in [0.3, 0.4) is 0 Å². The molecule has 0 saturated heterocycles. The highest BCUT2D eigenvalue weighted by atomic mass is 32.2. The predicted molar refractivity (Wildman–Crippen MR) is 56.0 cm³/mol. The first-order valence-electron chi connectivity index (χ1n) is 4.46. The van der Waals surface area contributed by atoms with Crippen LogP contribution in [0.1, 0.15) is 0 Å². The van der Waals surface area contributed by atoms with Crippen LogP contribution in [0.4, 0.5) is 0 Å². The molecule has 0 aliphatic carbocycles. The van der Waals surface area contributed by atoms with E-state index >= 15 is 0 Å². The highest BCUT2D eigenvalue weighted by molar-refractivity contribution is 7.89. The Morgan fingerprint density at radius 2 is 1.88 bits per heavy atom. The second kappa shape index (κ2) is 5.23. The van der Waals surface area contributed by atoms with Crippen molar-refractivity contribution in [1.82, 2.24) is 14.7 Å². The van der Waals surface area contributed by atoms with E-state index in [0.29, 0.717) is 0 Å². The number of rotatable bonds is 5. The van der Waals surface area contributed by atoms with Crippen molar-refractivity contribution < 1.29 is 18.6 Å². The number of hydrogen-bond acceptors (Lipinski definition) is 6. The average Bonchev–Trinajstić information content (AvgIpc) is 2.25. The van der Waals surface area contributed by atoms with E-state index in [-0.39, 0.29) is 0 Å². The molecule has 5 N–H and O–H groups in total. The highest BCUT2D eigenvalue weighted by Crippen LogP contribution is 1.99. The van der Waals surface area contributed by atoms with Gasteiger partial charge in [0.05, 0.1) is 19.3 Å². The SMILES string of the molecule is O=c1[nH]cc(S(=O)(=O)NC(CO)CO)c(=O)[nH]1. The minimum absolute atomic E-state index is 0.628. The molecule has 0 unspecified atom stereocenters. The van der Waals surface area contributed by atoms with Crippen molar-refractivity contribution in [3.8, 4) is 0 Å². The van der Waals surface area contributed by atoms with Gasteiger partial charge in [0.15, 0.2) is 4.90 Å². The summed E-state index contributed by atoms with van der Waals surface area (Å²) >= 11 is 0. The Labute approximate surface area is 95.2 Å². The third kappa shape index (κ3) is 3.23. The molecule has 1 aromatic heterocycles. The minimum Gasteiger partial charge on any atom is -0.395 e. The largest absolute Gasteiger partial charge is 0.395 e. The van der Waals surface area contributed by atoms with Gasteiger partial charge in [0.1, 0.15) is 0 Å². The number of aliphatic hydroxyl groups excluding tert-OH is 2. The van der Waals surface area contributed by atoms with Gasteiger partial charge in [-0.2, -0.15) is 0 Å². The molecule has 10 heteroatoms. The molecule has 1 rings (SSSR count). The fourth-order valence-corrected chi connectivity index (χ4v) is 2.24. The normalized spacial score (nSPS) is 11.9. The van der Waals surface area contributed by atoms with Crippen molar-refractivity contribution >= 4 is 10.0 Å². The molecule has 17 heavy (non-hydrogen) atoms. The molecule has 0 fully saturated rings. The predicted octanol–water partition coefficient (Wildman–Crippen LogP) is -3.31. The lowest BCUT2D eigenvalue weighted by Crippen LogP contribution is -2.42. The lowest BCUT2D eigenvalue weighted by molar-refractivity contribution is 0.185. The Bertz CT molecular complexity index is 584. The Morgan fingerprint density at radius 3 is 2.35 bits per heavy atom. The summed E-state index contributed by atoms with van der Waals surface area (Å²) in [7, 11) is -4.22. The van der Waals surface area contributed by atoms with Gasteiger partial charge in [-0.25, -0.2) is 17.9 Å². The molecule has 0 aliphatic rings. The van der Waals surface area contributed by atoms with Crippen molar-refractivity contribution in [3.63, 3.8) is 0 Å². The molecule has 0 radical (unpaired) electrons. The van der Waals surface area contributed by atoms with Crippen molar-refractivity contribution in [2.45, 2.75) is 10.9 Å². The summed E-state index contributed by atoms with van der Waals surface area (Å²) in [6.45, 7) is -1.26. The van der Waals surface area contributed by atoms with Gasteiger partial charge in [0.2, 0.25) is 10.0 Å². The van der Waals surface area contributed by atoms with E-state index < -0.39 is 45.4 Å². The molecule has 0 aromatic carbocycles. The molecule has 1 heterocycles. The monoisotopic (exact) mass is 265 g/mol. The smallest absolute Gasteiger partial charge is 0.325 e. The third-order valence-electron chi connectivity index (χ3n) is 1.84. The van der Waals surface area contributed by atoms with Gasteiger partial charge in [-0.15, -0.1) is 0 Å². The number of aliphatic hydroxyl groups is 2. The van der Waals surface area contributed by atoms with Crippen molar-refractivity contribution in [1.29, 1.82) is 0 Å². The van der Waals surface area contributed by atoms with Crippen LogP contribution in [0.2, 0.25) is 0 Å². The number of nitrogens with one attached hydrogen (secondary N) is 3. The van der Waals surface area contributed by atoms with E-state index in [1.54, 1.807) is 4.98 Å². The molecular weight excluding hydrogens is 254 g/mol. The van der Waals surface area contributed by atoms with Crippen LogP contribution in [0.15, 0.2) is 20.7 Å². The van der Waals surface area contributed by atoms with Gasteiger partial charge < -0.3 is 15.2 Å². The topological polar surface area (TPSA) is 152 Å². The van der Waals surface area contributed by atoms with E-state index in [2.05, 4.69) is 0 Å². The van der Waals surface area contributed by atoms with Crippen LogP contribution in [0.25, 0.3) is 0 Å². The van der Waals surface area contributed by atoms with Crippen molar-refractivity contribution in [2.75, 3.05) is 13.2 Å². The molecule has 9 nitrogen and oxygen atoms in total. The van der Waals surface area contributed by atoms with E-state index in [1.165, 1.54) is 0 Å². The zero-order valence-electron chi connectivity index (χ0n) is 8.50. The first-order chi connectivity index (χ1) is 7.90. The van der Waals surface area contributed by atoms with E-state index in [9.17, 15) is 18.0 Å². The van der Waals surface area contributed by atoms with E-state index in [4.69, 9.17) is 10.2 Å². The van der Waals surface area contributed by atoms with Crippen LogP contribution in [-0.4, -0.2) is 47.9 Å². The van der Waals surface area contributed by atoms with Gasteiger partial charge in [-0.05, 0) is 0 Å². The fraction of sp³-hybridized carbons (Fsp3) is 0.429. The Morgan fingerprint density at radius 1 is 1.29 bits per heavy atom. The summed E-state index contributed by atoms with van der Waals surface area (Å²) in [5.41, 5.74) is -1.93. The van der Waals surface area contributed by atoms with Crippen LogP contribution in [0, 0.1) is 0 Å². The van der Waals surface area contributed by atoms with Gasteiger partial charge in [-0.3, -0.25) is 9.78 Å². The second-order valence-electron chi connectivity index (χ2n) is 3.12. The summed E-state index contributed by atoms with van der Waals surface area (Å²) in [5, 5.41) is 17.4. The standard InChI is InChI=1S/C7H11N3O6S/c11-2-4(3-12)10-17(15,16)5-1-8-7(14)9-6(5)13/h1,4,10-12H,2-3H2,(H2,8,9,13,14). The second-order valence-corrected chi connectivity index (χ2v) is 4.80. The summed E-state index contributed by atoms with van der Waals surface area (Å²) in [6, 6.07) is -1.12. The molecule has 0 spiro atoms. The average molecular weight is 265 g/mol. The molecule has 0 bridgehead atoms. The van der Waals surface area contributed by atoms with Gasteiger partial charge in [-0.1, -0.05) is 0 Å². The maximum Gasteiger partial charge on any atom is 0.325 e. The van der Waals surface area contributed by atoms with Crippen LogP contribution >= 0.6 is 0 Å². The quantitative estimate of drug-likeness (QED) is 0.376. The number of aromatic nitrogens is 2. The van der Waals surface area contributed by atoms with Crippen LogP contribution < -0.4 is 16.0 Å². The first kappa shape index (κ1) is 13.6. The number of hydrogen-bond donors (Lipinski definition) is 5. The maximum atomic E-state index is 11.6. The molecule has 1 aromatic rings. The zero-order chi connectivity index (χ0) is 13.1. The summed E-state index contributed by atoms with van der Waals surface area (Å²) in [4.78, 5) is 25.0. The number of aromatic amines is 2. The van der Waals surface area contributed by atoms with Gasteiger partial charge in [0, 0.05) is 6.20 Å². The highest BCUT2D eigenvalue weighted by Gasteiger charge is 2.22. The zero-order valence-corrected chi connectivity index (χ0v) is 9.32. The van der Waals surface area contributed by atoms with E-state index in [1.807, 2.05) is 9.71 Å². The molecule has 0 saturated carbocycles. The first-order valence-corrected chi connectivity index (χ1v) is 5.95. The van der Waals surface area contributed by atoms with Crippen LogP contribution in [0.5, 0.6) is 0 Å². The van der Waals surface area contributed by atoms with Crippen molar-refractivity contribution in [2.24, 2.45) is 0 Å². The Balaban J connectivity index is 3.14. The molecule has 0 amide bonds. The van der Waals surface area contributed by atoms with Gasteiger partial charge in [0.25, 0.3) is 5.56 Å². The lowest BCUT2D eigenvalue weighted by Gasteiger charge is -2.12. The van der Waals surface area contributed by atoms with Gasteiger partial charge >= 0.3 is 5.69 Å². The summed E-state index contributed by atoms with van der Waals surface area (Å²) < 4.78 is 25.1. The molecule has 96 valence electrons. The summed E-state index contributed by atoms with van der Waals surface area (Å²) in [6.07, 6.45) is 0.731.